The van der Waals surface area contributed by atoms with Crippen molar-refractivity contribution in [2.45, 2.75) is 49.5 Å². The minimum atomic E-state index is -3.20. The van der Waals surface area contributed by atoms with E-state index in [1.807, 2.05) is 0 Å². The first-order chi connectivity index (χ1) is 8.13. The molecule has 3 atom stereocenters. The molecule has 5 nitrogen and oxygen atoms in total. The van der Waals surface area contributed by atoms with Gasteiger partial charge in [-0.15, -0.1) is 0 Å². The van der Waals surface area contributed by atoms with Gasteiger partial charge < -0.3 is 10.1 Å². The summed E-state index contributed by atoms with van der Waals surface area (Å²) in [6.07, 6.45) is 4.61. The summed E-state index contributed by atoms with van der Waals surface area (Å²) in [6.45, 7) is 1.50. The number of hydrogen-bond acceptors (Lipinski definition) is 4. The van der Waals surface area contributed by atoms with Gasteiger partial charge in [0.1, 0.15) is 0 Å². The fourth-order valence-electron chi connectivity index (χ4n) is 2.73. The van der Waals surface area contributed by atoms with E-state index in [4.69, 9.17) is 4.74 Å². The molecule has 2 rings (SSSR count). The predicted molar refractivity (Wildman–Crippen MR) is 66.4 cm³/mol. The number of ether oxygens (including phenoxy) is 1. The number of nitrogens with one attached hydrogen (secondary N) is 2. The monoisotopic (exact) mass is 262 g/mol. The van der Waals surface area contributed by atoms with Crippen LogP contribution < -0.4 is 10.0 Å². The van der Waals surface area contributed by atoms with E-state index >= 15 is 0 Å². The molecule has 0 aromatic carbocycles. The molecule has 0 bridgehead atoms. The van der Waals surface area contributed by atoms with Crippen molar-refractivity contribution >= 4 is 10.0 Å². The highest BCUT2D eigenvalue weighted by molar-refractivity contribution is 7.90. The van der Waals surface area contributed by atoms with Gasteiger partial charge >= 0.3 is 0 Å². The van der Waals surface area contributed by atoms with Gasteiger partial charge in [0, 0.05) is 19.7 Å². The molecule has 2 fully saturated rings. The smallest absolute Gasteiger partial charge is 0.216 e. The van der Waals surface area contributed by atoms with Gasteiger partial charge in [-0.05, 0) is 38.6 Å². The Morgan fingerprint density at radius 3 is 2.71 bits per heavy atom. The van der Waals surface area contributed by atoms with E-state index < -0.39 is 10.0 Å². The third kappa shape index (κ3) is 3.19. The highest BCUT2D eigenvalue weighted by Crippen LogP contribution is 2.23. The Balaban J connectivity index is 1.96. The largest absolute Gasteiger partial charge is 0.380 e. The molecule has 1 saturated carbocycles. The summed E-state index contributed by atoms with van der Waals surface area (Å²) in [5, 5.41) is 2.86. The third-order valence-corrected chi connectivity index (χ3v) is 5.67. The molecule has 1 saturated heterocycles. The van der Waals surface area contributed by atoms with E-state index in [1.54, 1.807) is 7.11 Å². The lowest BCUT2D eigenvalue weighted by atomic mass is 10.2. The molecule has 0 aromatic heterocycles. The normalized spacial score (nSPS) is 35.0. The van der Waals surface area contributed by atoms with Crippen LogP contribution in [-0.4, -0.2) is 46.0 Å². The zero-order valence-corrected chi connectivity index (χ0v) is 11.1. The first kappa shape index (κ1) is 13.3. The second-order valence-electron chi connectivity index (χ2n) is 4.94. The molecule has 1 heterocycles. The summed E-state index contributed by atoms with van der Waals surface area (Å²) in [4.78, 5) is 0. The molecule has 17 heavy (non-hydrogen) atoms. The van der Waals surface area contributed by atoms with Crippen molar-refractivity contribution in [1.82, 2.24) is 10.0 Å². The van der Waals surface area contributed by atoms with Crippen LogP contribution in [-0.2, 0) is 14.8 Å². The Morgan fingerprint density at radius 2 is 2.06 bits per heavy atom. The first-order valence-electron chi connectivity index (χ1n) is 6.38. The lowest BCUT2D eigenvalue weighted by Gasteiger charge is -2.26. The second kappa shape index (κ2) is 5.65. The fraction of sp³-hybridized carbons (Fsp3) is 1.00. The number of sulfonamides is 1. The quantitative estimate of drug-likeness (QED) is 0.761. The maximum Gasteiger partial charge on any atom is 0.216 e. The summed E-state index contributed by atoms with van der Waals surface area (Å²) in [5.41, 5.74) is 0. The number of hydrogen-bond donors (Lipinski definition) is 2. The number of piperidine rings is 1. The summed E-state index contributed by atoms with van der Waals surface area (Å²) >= 11 is 0. The van der Waals surface area contributed by atoms with Crippen molar-refractivity contribution in [3.05, 3.63) is 0 Å². The van der Waals surface area contributed by atoms with Gasteiger partial charge in [-0.1, -0.05) is 0 Å². The molecule has 6 heteroatoms. The Labute approximate surface area is 103 Å². The Morgan fingerprint density at radius 1 is 1.24 bits per heavy atom. The van der Waals surface area contributed by atoms with Gasteiger partial charge in [-0.25, -0.2) is 13.1 Å². The van der Waals surface area contributed by atoms with Crippen LogP contribution in [0.5, 0.6) is 0 Å². The van der Waals surface area contributed by atoms with Gasteiger partial charge in [-0.2, -0.15) is 0 Å². The van der Waals surface area contributed by atoms with E-state index in [0.29, 0.717) is 6.54 Å². The van der Waals surface area contributed by atoms with Crippen molar-refractivity contribution in [2.24, 2.45) is 0 Å². The van der Waals surface area contributed by atoms with Crippen molar-refractivity contribution in [3.8, 4) is 0 Å². The Kier molecular flexibility index (Phi) is 4.41. The van der Waals surface area contributed by atoms with E-state index in [0.717, 1.165) is 38.6 Å². The van der Waals surface area contributed by atoms with Crippen LogP contribution >= 0.6 is 0 Å². The van der Waals surface area contributed by atoms with E-state index in [-0.39, 0.29) is 17.4 Å². The molecular formula is C11H22N2O3S. The Hall–Kier alpha value is -0.170. The van der Waals surface area contributed by atoms with Crippen LogP contribution in [0.2, 0.25) is 0 Å². The van der Waals surface area contributed by atoms with E-state index in [9.17, 15) is 8.42 Å². The van der Waals surface area contributed by atoms with Crippen LogP contribution in [0.15, 0.2) is 0 Å². The molecule has 0 amide bonds. The first-order valence-corrected chi connectivity index (χ1v) is 7.93. The van der Waals surface area contributed by atoms with Gasteiger partial charge in [0.05, 0.1) is 11.4 Å². The minimum absolute atomic E-state index is 0.0353. The minimum Gasteiger partial charge on any atom is -0.380 e. The highest BCUT2D eigenvalue weighted by atomic mass is 32.2. The van der Waals surface area contributed by atoms with Crippen LogP contribution in [0, 0.1) is 0 Å². The van der Waals surface area contributed by atoms with Crippen molar-refractivity contribution < 1.29 is 13.2 Å². The lowest BCUT2D eigenvalue weighted by Crippen LogP contribution is -2.49. The zero-order valence-electron chi connectivity index (χ0n) is 10.3. The number of methoxy groups -OCH3 is 1. The average molecular weight is 262 g/mol. The molecule has 2 aliphatic rings. The number of rotatable bonds is 4. The third-order valence-electron chi connectivity index (χ3n) is 3.76. The fourth-order valence-corrected chi connectivity index (χ4v) is 4.43. The molecule has 3 unspecified atom stereocenters. The second-order valence-corrected chi connectivity index (χ2v) is 6.94. The van der Waals surface area contributed by atoms with Crippen LogP contribution in [0.3, 0.4) is 0 Å². The maximum atomic E-state index is 12.2. The summed E-state index contributed by atoms with van der Waals surface area (Å²) in [7, 11) is -1.55. The summed E-state index contributed by atoms with van der Waals surface area (Å²) < 4.78 is 32.5. The van der Waals surface area contributed by atoms with Crippen LogP contribution in [0.4, 0.5) is 0 Å². The molecule has 2 N–H and O–H groups in total. The SMILES string of the molecule is COC1CCCC1NS(=O)(=O)C1CCCNC1. The zero-order chi connectivity index (χ0) is 12.3. The molecule has 1 aliphatic carbocycles. The molecular weight excluding hydrogens is 240 g/mol. The molecule has 100 valence electrons. The van der Waals surface area contributed by atoms with Crippen molar-refractivity contribution in [1.29, 1.82) is 0 Å². The van der Waals surface area contributed by atoms with Crippen molar-refractivity contribution in [3.63, 3.8) is 0 Å². The van der Waals surface area contributed by atoms with Gasteiger partial charge in [0.2, 0.25) is 10.0 Å². The van der Waals surface area contributed by atoms with E-state index in [2.05, 4.69) is 10.0 Å². The van der Waals surface area contributed by atoms with Crippen LogP contribution in [0.25, 0.3) is 0 Å². The topological polar surface area (TPSA) is 67.4 Å². The lowest BCUT2D eigenvalue weighted by molar-refractivity contribution is 0.0915. The molecule has 0 radical (unpaired) electrons. The van der Waals surface area contributed by atoms with Gasteiger partial charge in [0.15, 0.2) is 0 Å². The summed E-state index contributed by atoms with van der Waals surface area (Å²) in [6, 6.07) is -0.0353. The highest BCUT2D eigenvalue weighted by Gasteiger charge is 2.34. The maximum absolute atomic E-state index is 12.2. The standard InChI is InChI=1S/C11H22N2O3S/c1-16-11-6-2-5-10(11)13-17(14,15)9-4-3-7-12-8-9/h9-13H,2-8H2,1H3. The molecule has 1 aliphatic heterocycles. The van der Waals surface area contributed by atoms with Gasteiger partial charge in [-0.3, -0.25) is 0 Å². The van der Waals surface area contributed by atoms with E-state index in [1.165, 1.54) is 0 Å². The Bertz CT molecular complexity index is 339. The molecule has 0 aromatic rings. The van der Waals surface area contributed by atoms with Gasteiger partial charge in [0.25, 0.3) is 0 Å². The van der Waals surface area contributed by atoms with Crippen LogP contribution in [0.1, 0.15) is 32.1 Å². The summed E-state index contributed by atoms with van der Waals surface area (Å²) in [5.74, 6) is 0. The predicted octanol–water partition coefficient (Wildman–Crippen LogP) is 0.225. The molecule has 0 spiro atoms. The van der Waals surface area contributed by atoms with Crippen molar-refractivity contribution in [2.75, 3.05) is 20.2 Å². The average Bonchev–Trinajstić information content (AvgIpc) is 2.77.